The topological polar surface area (TPSA) is 29.3 Å². The van der Waals surface area contributed by atoms with Gasteiger partial charge >= 0.3 is 0 Å². The number of anilines is 1. The van der Waals surface area contributed by atoms with Crippen molar-refractivity contribution in [2.75, 3.05) is 12.8 Å². The van der Waals surface area contributed by atoms with Crippen LogP contribution in [0.5, 0.6) is 0 Å². The van der Waals surface area contributed by atoms with Crippen LogP contribution in [0.2, 0.25) is 9.36 Å². The molecule has 0 atom stereocenters. The zero-order chi connectivity index (χ0) is 13.1. The van der Waals surface area contributed by atoms with Crippen LogP contribution in [-0.4, -0.2) is 11.9 Å². The molecule has 1 aromatic heterocycles. The van der Waals surface area contributed by atoms with Crippen LogP contribution in [0.3, 0.4) is 0 Å². The Balaban J connectivity index is 2.00. The molecule has 96 valence electrons. The molecule has 0 aliphatic carbocycles. The number of nitrogens with zero attached hydrogens (tertiary/aromatic N) is 1. The number of benzene rings is 1. The first-order valence-electron chi connectivity index (χ1n) is 5.51. The molecule has 5 heteroatoms. The van der Waals surface area contributed by atoms with Crippen LogP contribution in [-0.2, 0) is 13.1 Å². The van der Waals surface area contributed by atoms with Gasteiger partial charge in [-0.1, -0.05) is 29.3 Å². The Morgan fingerprint density at radius 3 is 2.56 bits per heavy atom. The summed E-state index contributed by atoms with van der Waals surface area (Å²) in [7, 11) is 2.06. The van der Waals surface area contributed by atoms with Gasteiger partial charge in [0.25, 0.3) is 0 Å². The van der Waals surface area contributed by atoms with Crippen molar-refractivity contribution < 1.29 is 0 Å². The van der Waals surface area contributed by atoms with E-state index >= 15 is 0 Å². The minimum absolute atomic E-state index is 0.670. The molecule has 0 radical (unpaired) electrons. The third-order valence-corrected chi connectivity index (χ3v) is 4.05. The summed E-state index contributed by atoms with van der Waals surface area (Å²) in [6, 6.07) is 9.59. The van der Waals surface area contributed by atoms with Crippen LogP contribution >= 0.6 is 34.5 Å². The minimum atomic E-state index is 0.670. The van der Waals surface area contributed by atoms with Crippen molar-refractivity contribution in [3.05, 3.63) is 50.1 Å². The van der Waals surface area contributed by atoms with Crippen LogP contribution in [0.4, 0.5) is 5.69 Å². The van der Waals surface area contributed by atoms with E-state index in [1.165, 1.54) is 4.88 Å². The molecule has 1 heterocycles. The number of hydrogen-bond donors (Lipinski definition) is 1. The molecule has 2 nitrogen and oxygen atoms in total. The van der Waals surface area contributed by atoms with Gasteiger partial charge in [0.15, 0.2) is 0 Å². The molecule has 2 aromatic rings. The van der Waals surface area contributed by atoms with E-state index in [0.29, 0.717) is 5.02 Å². The Morgan fingerprint density at radius 2 is 1.94 bits per heavy atom. The summed E-state index contributed by atoms with van der Waals surface area (Å²) in [6.07, 6.45) is 0. The SMILES string of the molecule is CN(Cc1ccc(Cl)s1)Cc1ccc(Cl)cc1N. The fraction of sp³-hybridized carbons (Fsp3) is 0.231. The fourth-order valence-corrected chi connectivity index (χ4v) is 3.11. The Hall–Kier alpha value is -0.740. The molecule has 2 N–H and O–H groups in total. The predicted octanol–water partition coefficient (Wildman–Crippen LogP) is 4.27. The summed E-state index contributed by atoms with van der Waals surface area (Å²) in [4.78, 5) is 3.44. The van der Waals surface area contributed by atoms with E-state index < -0.39 is 0 Å². The first-order chi connectivity index (χ1) is 8.54. The highest BCUT2D eigenvalue weighted by atomic mass is 35.5. The molecule has 0 amide bonds. The predicted molar refractivity (Wildman–Crippen MR) is 80.4 cm³/mol. The second-order valence-electron chi connectivity index (χ2n) is 4.22. The van der Waals surface area contributed by atoms with Crippen LogP contribution in [0, 0.1) is 0 Å². The van der Waals surface area contributed by atoms with E-state index in [1.54, 1.807) is 17.4 Å². The molecule has 18 heavy (non-hydrogen) atoms. The van der Waals surface area contributed by atoms with Crippen LogP contribution in [0.1, 0.15) is 10.4 Å². The number of hydrogen-bond acceptors (Lipinski definition) is 3. The number of thiophene rings is 1. The van der Waals surface area contributed by atoms with Crippen molar-refractivity contribution in [2.45, 2.75) is 13.1 Å². The summed E-state index contributed by atoms with van der Waals surface area (Å²) in [5, 5.41) is 0.670. The van der Waals surface area contributed by atoms with E-state index in [1.807, 2.05) is 18.2 Å². The fourth-order valence-electron chi connectivity index (χ4n) is 1.76. The number of nitrogens with two attached hydrogens (primary N) is 1. The van der Waals surface area contributed by atoms with Crippen molar-refractivity contribution in [3.63, 3.8) is 0 Å². The molecule has 2 rings (SSSR count). The second-order valence-corrected chi connectivity index (χ2v) is 6.46. The summed E-state index contributed by atoms with van der Waals surface area (Å²) in [5.41, 5.74) is 7.76. The van der Waals surface area contributed by atoms with Gasteiger partial charge in [0.1, 0.15) is 0 Å². The maximum Gasteiger partial charge on any atom is 0.0931 e. The van der Waals surface area contributed by atoms with Gasteiger partial charge in [0.2, 0.25) is 0 Å². The van der Waals surface area contributed by atoms with Crippen molar-refractivity contribution in [3.8, 4) is 0 Å². The number of rotatable bonds is 4. The first kappa shape index (κ1) is 13.7. The maximum absolute atomic E-state index is 5.94. The van der Waals surface area contributed by atoms with Gasteiger partial charge in [-0.3, -0.25) is 4.90 Å². The molecule has 0 spiro atoms. The van der Waals surface area contributed by atoms with E-state index in [4.69, 9.17) is 28.9 Å². The smallest absolute Gasteiger partial charge is 0.0931 e. The Kier molecular flexibility index (Phi) is 4.51. The van der Waals surface area contributed by atoms with Crippen LogP contribution < -0.4 is 5.73 Å². The average molecular weight is 301 g/mol. The highest BCUT2D eigenvalue weighted by Gasteiger charge is 2.06. The van der Waals surface area contributed by atoms with Gasteiger partial charge in [-0.2, -0.15) is 0 Å². The summed E-state index contributed by atoms with van der Waals surface area (Å²) < 4.78 is 0.824. The lowest BCUT2D eigenvalue weighted by Crippen LogP contribution is -2.17. The zero-order valence-corrected chi connectivity index (χ0v) is 12.3. The van der Waals surface area contributed by atoms with Crippen molar-refractivity contribution in [2.24, 2.45) is 0 Å². The van der Waals surface area contributed by atoms with E-state index in [9.17, 15) is 0 Å². The molecule has 0 bridgehead atoms. The summed E-state index contributed by atoms with van der Waals surface area (Å²) in [5.74, 6) is 0. The molecule has 0 aliphatic rings. The first-order valence-corrected chi connectivity index (χ1v) is 7.08. The van der Waals surface area contributed by atoms with Gasteiger partial charge in [-0.15, -0.1) is 11.3 Å². The lowest BCUT2D eigenvalue weighted by molar-refractivity contribution is 0.322. The molecule has 0 aliphatic heterocycles. The minimum Gasteiger partial charge on any atom is -0.398 e. The Labute approximate surface area is 121 Å². The standard InChI is InChI=1S/C13H14Cl2N2S/c1-17(8-11-4-5-13(15)18-11)7-9-2-3-10(14)6-12(9)16/h2-6H,7-8,16H2,1H3. The maximum atomic E-state index is 5.94. The van der Waals surface area contributed by atoms with Gasteiger partial charge in [-0.25, -0.2) is 0 Å². The molecule has 0 fully saturated rings. The van der Waals surface area contributed by atoms with Crippen molar-refractivity contribution >= 4 is 40.2 Å². The normalized spacial score (nSPS) is 11.1. The van der Waals surface area contributed by atoms with Crippen LogP contribution in [0.15, 0.2) is 30.3 Å². The van der Waals surface area contributed by atoms with Gasteiger partial charge < -0.3 is 5.73 Å². The van der Waals surface area contributed by atoms with Gasteiger partial charge in [-0.05, 0) is 36.9 Å². The molecule has 0 saturated heterocycles. The number of halogens is 2. The average Bonchev–Trinajstić information content (AvgIpc) is 2.68. The Bertz CT molecular complexity index is 540. The quantitative estimate of drug-likeness (QED) is 0.855. The Morgan fingerprint density at radius 1 is 1.17 bits per heavy atom. The van der Waals surface area contributed by atoms with E-state index in [0.717, 1.165) is 28.7 Å². The van der Waals surface area contributed by atoms with Crippen LogP contribution in [0.25, 0.3) is 0 Å². The second kappa shape index (κ2) is 5.93. The zero-order valence-electron chi connectivity index (χ0n) is 9.99. The number of nitrogen functional groups attached to an aromatic ring is 1. The third-order valence-electron chi connectivity index (χ3n) is 2.60. The van der Waals surface area contributed by atoms with E-state index in [-0.39, 0.29) is 0 Å². The largest absolute Gasteiger partial charge is 0.398 e. The molecular formula is C13H14Cl2N2S. The van der Waals surface area contributed by atoms with Gasteiger partial charge in [0.05, 0.1) is 4.34 Å². The highest BCUT2D eigenvalue weighted by molar-refractivity contribution is 7.16. The van der Waals surface area contributed by atoms with E-state index in [2.05, 4.69) is 18.0 Å². The molecule has 0 unspecified atom stereocenters. The van der Waals surface area contributed by atoms with Crippen molar-refractivity contribution in [1.82, 2.24) is 4.90 Å². The van der Waals surface area contributed by atoms with Gasteiger partial charge in [0, 0.05) is 28.7 Å². The lowest BCUT2D eigenvalue weighted by atomic mass is 10.1. The summed E-state index contributed by atoms with van der Waals surface area (Å²) >= 11 is 13.4. The van der Waals surface area contributed by atoms with Crippen molar-refractivity contribution in [1.29, 1.82) is 0 Å². The molecular weight excluding hydrogens is 287 g/mol. The highest BCUT2D eigenvalue weighted by Crippen LogP contribution is 2.24. The molecule has 0 saturated carbocycles. The lowest BCUT2D eigenvalue weighted by Gasteiger charge is -2.17. The monoisotopic (exact) mass is 300 g/mol. The summed E-state index contributed by atoms with van der Waals surface area (Å²) in [6.45, 7) is 1.65. The molecule has 1 aromatic carbocycles. The third kappa shape index (κ3) is 3.62.